The van der Waals surface area contributed by atoms with Crippen LogP contribution in [0, 0.1) is 13.8 Å². The molecule has 5 rings (SSSR count). The molecule has 0 aliphatic carbocycles. The average molecular weight is 409 g/mol. The largest absolute Gasteiger partial charge is 0.312 e. The van der Waals surface area contributed by atoms with Crippen LogP contribution in [0.4, 0.5) is 0 Å². The minimum atomic E-state index is -0.0658. The maximum Gasteiger partial charge on any atom is 0.259 e. The van der Waals surface area contributed by atoms with Gasteiger partial charge in [0.1, 0.15) is 5.69 Å². The van der Waals surface area contributed by atoms with Gasteiger partial charge in [-0.25, -0.2) is 14.5 Å². The zero-order chi connectivity index (χ0) is 20.3. The predicted octanol–water partition coefficient (Wildman–Crippen LogP) is 3.33. The third-order valence-electron chi connectivity index (χ3n) is 5.63. The lowest BCUT2D eigenvalue weighted by molar-refractivity contribution is 0.319. The van der Waals surface area contributed by atoms with Crippen LogP contribution in [0.25, 0.3) is 22.0 Å². The number of fused-ring (bicyclic) bond motifs is 2. The highest BCUT2D eigenvalue weighted by Gasteiger charge is 2.26. The first kappa shape index (κ1) is 18.4. The van der Waals surface area contributed by atoms with E-state index in [1.807, 2.05) is 32.3 Å². The van der Waals surface area contributed by atoms with E-state index >= 15 is 0 Å². The number of hydrogen-bond donors (Lipinski definition) is 1. The van der Waals surface area contributed by atoms with Gasteiger partial charge in [0, 0.05) is 29.2 Å². The fourth-order valence-electron chi connectivity index (χ4n) is 4.41. The van der Waals surface area contributed by atoms with Gasteiger partial charge in [-0.1, -0.05) is 0 Å². The van der Waals surface area contributed by atoms with Crippen molar-refractivity contribution in [3.8, 4) is 11.4 Å². The zero-order valence-electron chi connectivity index (χ0n) is 17.0. The number of aromatic nitrogens is 5. The first-order chi connectivity index (χ1) is 13.9. The lowest BCUT2D eigenvalue weighted by atomic mass is 9.88. The Kier molecular flexibility index (Phi) is 4.29. The smallest absolute Gasteiger partial charge is 0.259 e. The van der Waals surface area contributed by atoms with Crippen molar-refractivity contribution in [3.05, 3.63) is 51.0 Å². The summed E-state index contributed by atoms with van der Waals surface area (Å²) in [5.41, 5.74) is 3.97. The molecule has 5 heterocycles. The number of piperidine rings is 1. The number of nitrogens with zero attached hydrogens (tertiary/aromatic N) is 5. The molecular formula is C21H24N6OS. The maximum absolute atomic E-state index is 12.8. The second-order valence-corrected chi connectivity index (χ2v) is 9.31. The summed E-state index contributed by atoms with van der Waals surface area (Å²) in [4.78, 5) is 24.1. The first-order valence-electron chi connectivity index (χ1n) is 10.0. The van der Waals surface area contributed by atoms with Gasteiger partial charge in [-0.15, -0.1) is 11.3 Å². The van der Waals surface area contributed by atoms with Gasteiger partial charge in [-0.2, -0.15) is 5.10 Å². The molecule has 1 unspecified atom stereocenters. The molecule has 3 atom stereocenters. The molecule has 1 fully saturated rings. The number of imidazole rings is 1. The number of nitrogens with one attached hydrogen (secondary N) is 1. The monoisotopic (exact) mass is 408 g/mol. The lowest BCUT2D eigenvalue weighted by Crippen LogP contribution is -2.41. The molecule has 1 aliphatic rings. The Morgan fingerprint density at radius 3 is 2.59 bits per heavy atom. The van der Waals surface area contributed by atoms with E-state index in [2.05, 4.69) is 29.2 Å². The molecule has 0 radical (unpaired) electrons. The minimum absolute atomic E-state index is 0.0658. The van der Waals surface area contributed by atoms with E-state index < -0.39 is 0 Å². The summed E-state index contributed by atoms with van der Waals surface area (Å²) in [6.45, 7) is 8.39. The van der Waals surface area contributed by atoms with Gasteiger partial charge in [0.15, 0.2) is 10.6 Å². The molecule has 0 aromatic carbocycles. The lowest BCUT2D eigenvalue weighted by Gasteiger charge is -2.32. The molecule has 1 aliphatic heterocycles. The Labute approximate surface area is 172 Å². The van der Waals surface area contributed by atoms with Crippen LogP contribution in [0.1, 0.15) is 48.7 Å². The van der Waals surface area contributed by atoms with Gasteiger partial charge in [0.25, 0.3) is 5.56 Å². The molecule has 0 amide bonds. The Hall–Kier alpha value is -2.58. The Bertz CT molecular complexity index is 1280. The van der Waals surface area contributed by atoms with E-state index in [4.69, 9.17) is 4.98 Å². The first-order valence-corrected chi connectivity index (χ1v) is 10.8. The van der Waals surface area contributed by atoms with Crippen LogP contribution in [0.5, 0.6) is 0 Å². The second-order valence-electron chi connectivity index (χ2n) is 8.27. The van der Waals surface area contributed by atoms with Crippen molar-refractivity contribution in [3.63, 3.8) is 0 Å². The van der Waals surface area contributed by atoms with Gasteiger partial charge < -0.3 is 5.32 Å². The highest BCUT2D eigenvalue weighted by Crippen LogP contribution is 2.34. The molecule has 150 valence electrons. The molecule has 4 aromatic heterocycles. The minimum Gasteiger partial charge on any atom is -0.312 e. The Morgan fingerprint density at radius 2 is 1.83 bits per heavy atom. The SMILES string of the molecule is Cc1cn2nc(-c3cc(=O)n4cc(C5C[C@@H](C)N[C@@H](C)C5)sc4n3)cc(C)c2n1. The molecule has 4 aromatic rings. The summed E-state index contributed by atoms with van der Waals surface area (Å²) in [6, 6.07) is 4.48. The zero-order valence-corrected chi connectivity index (χ0v) is 17.8. The molecule has 29 heavy (non-hydrogen) atoms. The summed E-state index contributed by atoms with van der Waals surface area (Å²) in [5, 5.41) is 8.21. The fraction of sp³-hybridized carbons (Fsp3) is 0.429. The van der Waals surface area contributed by atoms with E-state index in [0.717, 1.165) is 34.7 Å². The van der Waals surface area contributed by atoms with Gasteiger partial charge in [0.05, 0.1) is 17.6 Å². The molecule has 1 saturated heterocycles. The Morgan fingerprint density at radius 1 is 1.07 bits per heavy atom. The quantitative estimate of drug-likeness (QED) is 0.551. The fourth-order valence-corrected chi connectivity index (χ4v) is 5.53. The third-order valence-corrected chi connectivity index (χ3v) is 6.77. The maximum atomic E-state index is 12.8. The highest BCUT2D eigenvalue weighted by molar-refractivity contribution is 7.17. The van der Waals surface area contributed by atoms with E-state index in [1.54, 1.807) is 26.3 Å². The number of hydrogen-bond acceptors (Lipinski definition) is 6. The van der Waals surface area contributed by atoms with Crippen molar-refractivity contribution >= 4 is 21.9 Å². The van der Waals surface area contributed by atoms with Crippen LogP contribution in [-0.2, 0) is 0 Å². The van der Waals surface area contributed by atoms with Crippen LogP contribution in [0.15, 0.2) is 29.3 Å². The summed E-state index contributed by atoms with van der Waals surface area (Å²) in [5.74, 6) is 0.460. The molecular weight excluding hydrogens is 384 g/mol. The molecule has 0 spiro atoms. The summed E-state index contributed by atoms with van der Waals surface area (Å²) >= 11 is 1.62. The van der Waals surface area contributed by atoms with Crippen LogP contribution < -0.4 is 10.9 Å². The van der Waals surface area contributed by atoms with Crippen LogP contribution in [0.2, 0.25) is 0 Å². The normalized spacial score (nSPS) is 22.6. The molecule has 0 saturated carbocycles. The van der Waals surface area contributed by atoms with Crippen molar-refractivity contribution < 1.29 is 0 Å². The van der Waals surface area contributed by atoms with Crippen LogP contribution >= 0.6 is 11.3 Å². The third kappa shape index (κ3) is 3.26. The van der Waals surface area contributed by atoms with Crippen LogP contribution in [0.3, 0.4) is 0 Å². The summed E-state index contributed by atoms with van der Waals surface area (Å²) < 4.78 is 3.44. The van der Waals surface area contributed by atoms with E-state index in [1.165, 1.54) is 4.88 Å². The van der Waals surface area contributed by atoms with Crippen molar-refractivity contribution in [2.75, 3.05) is 0 Å². The molecule has 0 bridgehead atoms. The Balaban J connectivity index is 1.59. The van der Waals surface area contributed by atoms with Crippen LogP contribution in [-0.4, -0.2) is 36.1 Å². The van der Waals surface area contributed by atoms with Crippen molar-refractivity contribution in [1.82, 2.24) is 29.3 Å². The number of thiazole rings is 1. The van der Waals surface area contributed by atoms with Crippen molar-refractivity contribution in [1.29, 1.82) is 0 Å². The standard InChI is InChI=1S/C21H24N6OS/c1-11-5-17(25-27-9-14(4)23-20(11)27)16-8-19(28)26-10-18(29-21(26)24-16)15-6-12(2)22-13(3)7-15/h5,8-10,12-13,15,22H,6-7H2,1-4H3/t12-,13+,15?. The van der Waals surface area contributed by atoms with E-state index in [-0.39, 0.29) is 5.56 Å². The summed E-state index contributed by atoms with van der Waals surface area (Å²) in [7, 11) is 0. The second kappa shape index (κ2) is 6.74. The van der Waals surface area contributed by atoms with Gasteiger partial charge in [-0.05, 0) is 58.1 Å². The molecule has 1 N–H and O–H groups in total. The van der Waals surface area contributed by atoms with E-state index in [0.29, 0.717) is 29.4 Å². The van der Waals surface area contributed by atoms with Crippen molar-refractivity contribution in [2.45, 2.75) is 58.5 Å². The van der Waals surface area contributed by atoms with E-state index in [9.17, 15) is 4.79 Å². The molecule has 7 nitrogen and oxygen atoms in total. The van der Waals surface area contributed by atoms with Crippen molar-refractivity contribution in [2.24, 2.45) is 0 Å². The summed E-state index contributed by atoms with van der Waals surface area (Å²) in [6.07, 6.45) is 6.03. The molecule has 8 heteroatoms. The van der Waals surface area contributed by atoms with Gasteiger partial charge in [0.2, 0.25) is 0 Å². The highest BCUT2D eigenvalue weighted by atomic mass is 32.1. The van der Waals surface area contributed by atoms with Gasteiger partial charge in [-0.3, -0.25) is 9.20 Å². The predicted molar refractivity (Wildman–Crippen MR) is 115 cm³/mol. The number of rotatable bonds is 2. The van der Waals surface area contributed by atoms with Gasteiger partial charge >= 0.3 is 0 Å². The number of aryl methyl sites for hydroxylation is 2. The average Bonchev–Trinajstić information content (AvgIpc) is 3.24. The topological polar surface area (TPSA) is 76.6 Å².